The first-order chi connectivity index (χ1) is 7.33. The SMILES string of the molecule is NCCCCC(=O)NCCc1ncon1. The number of unbranched alkanes of at least 4 members (excludes halogenated alkanes) is 1. The Kier molecular flexibility index (Phi) is 5.39. The molecule has 1 aromatic rings. The van der Waals surface area contributed by atoms with E-state index < -0.39 is 0 Å². The first-order valence-corrected chi connectivity index (χ1v) is 5.05. The summed E-state index contributed by atoms with van der Waals surface area (Å²) in [6.45, 7) is 1.18. The topological polar surface area (TPSA) is 94.0 Å². The van der Waals surface area contributed by atoms with E-state index in [0.717, 1.165) is 12.8 Å². The Balaban J connectivity index is 2.02. The zero-order valence-electron chi connectivity index (χ0n) is 8.61. The maximum Gasteiger partial charge on any atom is 0.220 e. The van der Waals surface area contributed by atoms with Gasteiger partial charge in [-0.05, 0) is 19.4 Å². The van der Waals surface area contributed by atoms with Crippen LogP contribution in [0.1, 0.15) is 25.1 Å². The molecule has 6 heteroatoms. The van der Waals surface area contributed by atoms with Gasteiger partial charge >= 0.3 is 0 Å². The average molecular weight is 212 g/mol. The minimum atomic E-state index is 0.0481. The molecule has 1 rings (SSSR count). The number of nitrogens with one attached hydrogen (secondary N) is 1. The van der Waals surface area contributed by atoms with E-state index in [2.05, 4.69) is 20.0 Å². The van der Waals surface area contributed by atoms with Gasteiger partial charge in [0.25, 0.3) is 0 Å². The zero-order chi connectivity index (χ0) is 10.9. The Bertz CT molecular complexity index is 274. The third-order valence-corrected chi connectivity index (χ3v) is 1.94. The molecule has 1 amide bonds. The fourth-order valence-corrected chi connectivity index (χ4v) is 1.13. The number of nitrogens with two attached hydrogens (primary N) is 1. The minimum absolute atomic E-state index is 0.0481. The van der Waals surface area contributed by atoms with Crippen molar-refractivity contribution in [3.05, 3.63) is 12.2 Å². The van der Waals surface area contributed by atoms with E-state index in [1.54, 1.807) is 0 Å². The van der Waals surface area contributed by atoms with Gasteiger partial charge in [-0.15, -0.1) is 0 Å². The summed E-state index contributed by atoms with van der Waals surface area (Å²) in [5, 5.41) is 6.41. The first-order valence-electron chi connectivity index (χ1n) is 5.05. The van der Waals surface area contributed by atoms with Crippen molar-refractivity contribution >= 4 is 5.91 Å². The van der Waals surface area contributed by atoms with Crippen molar-refractivity contribution in [2.75, 3.05) is 13.1 Å². The highest BCUT2D eigenvalue weighted by molar-refractivity contribution is 5.75. The number of aromatic nitrogens is 2. The van der Waals surface area contributed by atoms with Crippen LogP contribution in [0.4, 0.5) is 0 Å². The van der Waals surface area contributed by atoms with Crippen molar-refractivity contribution in [2.24, 2.45) is 5.73 Å². The van der Waals surface area contributed by atoms with Gasteiger partial charge in [-0.3, -0.25) is 4.79 Å². The van der Waals surface area contributed by atoms with Crippen molar-refractivity contribution in [2.45, 2.75) is 25.7 Å². The van der Waals surface area contributed by atoms with Crippen LogP contribution >= 0.6 is 0 Å². The third kappa shape index (κ3) is 5.11. The second kappa shape index (κ2) is 6.94. The Hall–Kier alpha value is -1.43. The van der Waals surface area contributed by atoms with E-state index in [1.165, 1.54) is 6.39 Å². The highest BCUT2D eigenvalue weighted by Gasteiger charge is 2.02. The Morgan fingerprint density at radius 3 is 3.07 bits per heavy atom. The number of nitrogens with zero attached hydrogens (tertiary/aromatic N) is 2. The lowest BCUT2D eigenvalue weighted by molar-refractivity contribution is -0.121. The second-order valence-electron chi connectivity index (χ2n) is 3.19. The summed E-state index contributed by atoms with van der Waals surface area (Å²) < 4.78 is 4.56. The molecular formula is C9H16N4O2. The maximum absolute atomic E-state index is 11.2. The fourth-order valence-electron chi connectivity index (χ4n) is 1.13. The Morgan fingerprint density at radius 2 is 2.40 bits per heavy atom. The summed E-state index contributed by atoms with van der Waals surface area (Å²) in [7, 11) is 0. The van der Waals surface area contributed by atoms with Crippen molar-refractivity contribution < 1.29 is 9.32 Å². The van der Waals surface area contributed by atoms with Crippen molar-refractivity contribution in [1.29, 1.82) is 0 Å². The normalized spacial score (nSPS) is 10.2. The van der Waals surface area contributed by atoms with Crippen LogP contribution in [-0.2, 0) is 11.2 Å². The number of carbonyl (C=O) groups is 1. The van der Waals surface area contributed by atoms with E-state index in [-0.39, 0.29) is 5.91 Å². The van der Waals surface area contributed by atoms with Gasteiger partial charge < -0.3 is 15.6 Å². The zero-order valence-corrected chi connectivity index (χ0v) is 8.61. The summed E-state index contributed by atoms with van der Waals surface area (Å²) in [4.78, 5) is 15.1. The highest BCUT2D eigenvalue weighted by Crippen LogP contribution is 1.93. The van der Waals surface area contributed by atoms with Gasteiger partial charge in [-0.25, -0.2) is 0 Å². The van der Waals surface area contributed by atoms with Gasteiger partial charge in [-0.1, -0.05) is 5.16 Å². The van der Waals surface area contributed by atoms with Crippen LogP contribution in [0.5, 0.6) is 0 Å². The van der Waals surface area contributed by atoms with Crippen LogP contribution in [0.3, 0.4) is 0 Å². The molecule has 6 nitrogen and oxygen atoms in total. The van der Waals surface area contributed by atoms with Crippen molar-refractivity contribution in [3.8, 4) is 0 Å². The number of rotatable bonds is 7. The summed E-state index contributed by atoms with van der Waals surface area (Å²) in [6, 6.07) is 0. The van der Waals surface area contributed by atoms with E-state index in [9.17, 15) is 4.79 Å². The lowest BCUT2D eigenvalue weighted by Crippen LogP contribution is -2.25. The summed E-state index contributed by atoms with van der Waals surface area (Å²) >= 11 is 0. The van der Waals surface area contributed by atoms with Gasteiger partial charge in [0.2, 0.25) is 12.3 Å². The Labute approximate surface area is 88.2 Å². The van der Waals surface area contributed by atoms with E-state index in [1.807, 2.05) is 0 Å². The molecule has 0 spiro atoms. The lowest BCUT2D eigenvalue weighted by Gasteiger charge is -2.02. The van der Waals surface area contributed by atoms with Crippen LogP contribution in [0.2, 0.25) is 0 Å². The smallest absolute Gasteiger partial charge is 0.220 e. The fraction of sp³-hybridized carbons (Fsp3) is 0.667. The number of hydrogen-bond acceptors (Lipinski definition) is 5. The lowest BCUT2D eigenvalue weighted by atomic mass is 10.2. The molecule has 0 radical (unpaired) electrons. The molecule has 1 heterocycles. The average Bonchev–Trinajstić information content (AvgIpc) is 2.71. The van der Waals surface area contributed by atoms with Crippen LogP contribution < -0.4 is 11.1 Å². The molecule has 0 aromatic carbocycles. The summed E-state index contributed by atoms with van der Waals surface area (Å²) in [6.07, 6.45) is 4.13. The summed E-state index contributed by atoms with van der Waals surface area (Å²) in [5.74, 6) is 0.657. The van der Waals surface area contributed by atoms with Crippen molar-refractivity contribution in [1.82, 2.24) is 15.5 Å². The van der Waals surface area contributed by atoms with Crippen LogP contribution in [0.15, 0.2) is 10.9 Å². The second-order valence-corrected chi connectivity index (χ2v) is 3.19. The van der Waals surface area contributed by atoms with Crippen LogP contribution in [0.25, 0.3) is 0 Å². The van der Waals surface area contributed by atoms with Gasteiger partial charge in [0.1, 0.15) is 0 Å². The monoisotopic (exact) mass is 212 g/mol. The molecule has 84 valence electrons. The number of amides is 1. The molecule has 0 unspecified atom stereocenters. The maximum atomic E-state index is 11.2. The molecular weight excluding hydrogens is 196 g/mol. The van der Waals surface area contributed by atoms with Crippen molar-refractivity contribution in [3.63, 3.8) is 0 Å². The van der Waals surface area contributed by atoms with Gasteiger partial charge in [0, 0.05) is 19.4 Å². The molecule has 1 aromatic heterocycles. The van der Waals surface area contributed by atoms with E-state index >= 15 is 0 Å². The Morgan fingerprint density at radius 1 is 1.53 bits per heavy atom. The number of carbonyl (C=O) groups excluding carboxylic acids is 1. The van der Waals surface area contributed by atoms with Gasteiger partial charge in [-0.2, -0.15) is 4.98 Å². The number of hydrogen-bond donors (Lipinski definition) is 2. The summed E-state index contributed by atoms with van der Waals surface area (Å²) in [5.41, 5.74) is 5.32. The molecule has 0 aliphatic rings. The molecule has 15 heavy (non-hydrogen) atoms. The quantitative estimate of drug-likeness (QED) is 0.613. The molecule has 0 bridgehead atoms. The molecule has 0 aliphatic carbocycles. The predicted octanol–water partition coefficient (Wildman–Crippen LogP) is -0.143. The molecule has 3 N–H and O–H groups in total. The predicted molar refractivity (Wildman–Crippen MR) is 53.9 cm³/mol. The van der Waals surface area contributed by atoms with Gasteiger partial charge in [0.15, 0.2) is 5.82 Å². The molecule has 0 saturated carbocycles. The van der Waals surface area contributed by atoms with E-state index in [0.29, 0.717) is 31.8 Å². The molecule has 0 fully saturated rings. The highest BCUT2D eigenvalue weighted by atomic mass is 16.5. The van der Waals surface area contributed by atoms with Gasteiger partial charge in [0.05, 0.1) is 0 Å². The van der Waals surface area contributed by atoms with Crippen LogP contribution in [-0.4, -0.2) is 29.1 Å². The molecule has 0 saturated heterocycles. The minimum Gasteiger partial charge on any atom is -0.356 e. The molecule has 0 atom stereocenters. The largest absolute Gasteiger partial charge is 0.356 e. The molecule has 0 aliphatic heterocycles. The first kappa shape index (κ1) is 11.6. The standard InChI is InChI=1S/C9H16N4O2/c10-5-2-1-3-9(14)11-6-4-8-12-7-15-13-8/h7H,1-6,10H2,(H,11,14). The van der Waals surface area contributed by atoms with Crippen LogP contribution in [0, 0.1) is 0 Å². The third-order valence-electron chi connectivity index (χ3n) is 1.94. The van der Waals surface area contributed by atoms with E-state index in [4.69, 9.17) is 5.73 Å².